The Balaban J connectivity index is 1.76. The number of hydrogen-bond acceptors (Lipinski definition) is 5. The van der Waals surface area contributed by atoms with Crippen LogP contribution in [0.25, 0.3) is 28.1 Å². The average Bonchev–Trinajstić information content (AvgIpc) is 3.19. The van der Waals surface area contributed by atoms with E-state index in [1.54, 1.807) is 54.6 Å². The summed E-state index contributed by atoms with van der Waals surface area (Å²) in [4.78, 5) is 12.8. The van der Waals surface area contributed by atoms with Crippen LogP contribution in [0.2, 0.25) is 5.02 Å². The van der Waals surface area contributed by atoms with E-state index in [9.17, 15) is 15.0 Å². The van der Waals surface area contributed by atoms with Gasteiger partial charge in [0.05, 0.1) is 23.1 Å². The first-order chi connectivity index (χ1) is 14.5. The quantitative estimate of drug-likeness (QED) is 0.226. The van der Waals surface area contributed by atoms with E-state index >= 15 is 0 Å². The third kappa shape index (κ3) is 3.63. The molecule has 4 rings (SSSR count). The van der Waals surface area contributed by atoms with Crippen molar-refractivity contribution >= 4 is 34.1 Å². The maximum Gasteiger partial charge on any atom is 0.193 e. The number of carbonyl (C=O) groups excluding carboxylic acids is 1. The Morgan fingerprint density at radius 3 is 2.53 bits per heavy atom. The molecule has 2 N–H and O–H groups in total. The Morgan fingerprint density at radius 2 is 1.83 bits per heavy atom. The zero-order valence-corrected chi connectivity index (χ0v) is 16.7. The predicted octanol–water partition coefficient (Wildman–Crippen LogP) is 6.25. The van der Waals surface area contributed by atoms with Crippen molar-refractivity contribution in [3.63, 3.8) is 0 Å². The van der Waals surface area contributed by atoms with Gasteiger partial charge in [0.15, 0.2) is 5.78 Å². The second kappa shape index (κ2) is 7.97. The van der Waals surface area contributed by atoms with Gasteiger partial charge < -0.3 is 19.4 Å². The van der Waals surface area contributed by atoms with Crippen molar-refractivity contribution in [2.45, 2.75) is 0 Å². The lowest BCUT2D eigenvalue weighted by atomic mass is 10.0. The fourth-order valence-electron chi connectivity index (χ4n) is 3.20. The minimum atomic E-state index is -0.398. The highest BCUT2D eigenvalue weighted by atomic mass is 35.5. The molecule has 0 fully saturated rings. The topological polar surface area (TPSA) is 79.9 Å². The van der Waals surface area contributed by atoms with Gasteiger partial charge in [0.1, 0.15) is 28.6 Å². The highest BCUT2D eigenvalue weighted by Crippen LogP contribution is 2.38. The van der Waals surface area contributed by atoms with Gasteiger partial charge in [0.25, 0.3) is 0 Å². The van der Waals surface area contributed by atoms with Crippen LogP contribution in [-0.4, -0.2) is 23.1 Å². The second-order valence-electron chi connectivity index (χ2n) is 6.59. The van der Waals surface area contributed by atoms with Gasteiger partial charge in [-0.15, -0.1) is 0 Å². The molecule has 0 amide bonds. The zero-order valence-electron chi connectivity index (χ0n) is 15.9. The number of allylic oxidation sites excluding steroid dienone is 1. The number of ether oxygens (including phenoxy) is 1. The summed E-state index contributed by atoms with van der Waals surface area (Å²) in [6.07, 6.45) is 1.17. The van der Waals surface area contributed by atoms with Crippen molar-refractivity contribution in [3.8, 4) is 22.8 Å². The van der Waals surface area contributed by atoms with Crippen LogP contribution in [-0.2, 0) is 0 Å². The number of benzene rings is 3. The molecule has 0 saturated carbocycles. The molecule has 6 heteroatoms. The van der Waals surface area contributed by atoms with Gasteiger partial charge >= 0.3 is 0 Å². The average molecular weight is 421 g/mol. The molecule has 5 nitrogen and oxygen atoms in total. The van der Waals surface area contributed by atoms with E-state index in [1.807, 2.05) is 6.07 Å². The van der Waals surface area contributed by atoms with Crippen LogP contribution < -0.4 is 4.74 Å². The number of aromatic hydroxyl groups is 1. The molecule has 0 aliphatic carbocycles. The normalized spacial score (nSPS) is 11.6. The molecule has 0 bridgehead atoms. The maximum atomic E-state index is 12.8. The number of aliphatic hydroxyl groups is 1. The molecule has 0 radical (unpaired) electrons. The molecule has 0 saturated heterocycles. The fourth-order valence-corrected chi connectivity index (χ4v) is 3.38. The molecule has 4 aromatic rings. The number of methoxy groups -OCH3 is 1. The van der Waals surface area contributed by atoms with E-state index in [0.717, 1.165) is 0 Å². The first-order valence-corrected chi connectivity index (χ1v) is 9.45. The summed E-state index contributed by atoms with van der Waals surface area (Å²) in [5.41, 5.74) is 2.04. The fraction of sp³-hybridized carbons (Fsp3) is 0.0417. The molecule has 1 heterocycles. The Morgan fingerprint density at radius 1 is 1.07 bits per heavy atom. The predicted molar refractivity (Wildman–Crippen MR) is 116 cm³/mol. The smallest absolute Gasteiger partial charge is 0.193 e. The van der Waals surface area contributed by atoms with Gasteiger partial charge in [0, 0.05) is 17.2 Å². The summed E-state index contributed by atoms with van der Waals surface area (Å²) in [5, 5.41) is 20.7. The van der Waals surface area contributed by atoms with Gasteiger partial charge in [-0.2, -0.15) is 0 Å². The molecule has 0 aliphatic rings. The van der Waals surface area contributed by atoms with Crippen molar-refractivity contribution in [2.24, 2.45) is 0 Å². The van der Waals surface area contributed by atoms with Gasteiger partial charge in [0.2, 0.25) is 0 Å². The number of halogens is 1. The molecular weight excluding hydrogens is 404 g/mol. The summed E-state index contributed by atoms with van der Waals surface area (Å²) >= 11 is 6.00. The van der Waals surface area contributed by atoms with Gasteiger partial charge in [-0.05, 0) is 36.4 Å². The number of rotatable bonds is 5. The lowest BCUT2D eigenvalue weighted by Gasteiger charge is -2.07. The summed E-state index contributed by atoms with van der Waals surface area (Å²) in [6.45, 7) is 0. The zero-order chi connectivity index (χ0) is 21.3. The monoisotopic (exact) mass is 420 g/mol. The molecule has 150 valence electrons. The lowest BCUT2D eigenvalue weighted by Crippen LogP contribution is -2.00. The van der Waals surface area contributed by atoms with Crippen molar-refractivity contribution in [2.75, 3.05) is 7.11 Å². The highest BCUT2D eigenvalue weighted by Gasteiger charge is 2.18. The first-order valence-electron chi connectivity index (χ1n) is 9.08. The van der Waals surface area contributed by atoms with Gasteiger partial charge in [-0.3, -0.25) is 4.79 Å². The number of hydrogen-bond donors (Lipinski definition) is 2. The van der Waals surface area contributed by atoms with E-state index in [0.29, 0.717) is 39.2 Å². The summed E-state index contributed by atoms with van der Waals surface area (Å²) in [7, 11) is 1.47. The van der Waals surface area contributed by atoms with Gasteiger partial charge in [-0.25, -0.2) is 0 Å². The third-order valence-electron chi connectivity index (χ3n) is 4.69. The molecule has 0 atom stereocenters. The van der Waals surface area contributed by atoms with Crippen molar-refractivity contribution in [3.05, 3.63) is 89.0 Å². The molecular formula is C24H17ClO5. The Labute approximate surface area is 177 Å². The van der Waals surface area contributed by atoms with Crippen LogP contribution in [0.1, 0.15) is 15.9 Å². The van der Waals surface area contributed by atoms with E-state index in [1.165, 1.54) is 19.3 Å². The number of furan rings is 1. The Hall–Kier alpha value is -3.70. The molecule has 3 aromatic carbocycles. The molecule has 1 aromatic heterocycles. The number of aliphatic hydroxyl groups excluding tert-OH is 1. The number of carbonyl (C=O) groups is 1. The largest absolute Gasteiger partial charge is 0.507 e. The van der Waals surface area contributed by atoms with Crippen LogP contribution in [0.4, 0.5) is 0 Å². The van der Waals surface area contributed by atoms with Crippen molar-refractivity contribution in [1.82, 2.24) is 0 Å². The Bertz CT molecular complexity index is 1270. The van der Waals surface area contributed by atoms with Crippen LogP contribution in [0.15, 0.2) is 77.2 Å². The van der Waals surface area contributed by atoms with Crippen LogP contribution in [0.5, 0.6) is 11.5 Å². The number of phenols is 1. The Kier molecular flexibility index (Phi) is 5.21. The van der Waals surface area contributed by atoms with Crippen molar-refractivity contribution < 1.29 is 24.2 Å². The molecule has 0 unspecified atom stereocenters. The molecule has 0 aliphatic heterocycles. The van der Waals surface area contributed by atoms with Crippen LogP contribution >= 0.6 is 11.6 Å². The van der Waals surface area contributed by atoms with Crippen LogP contribution in [0.3, 0.4) is 0 Å². The maximum absolute atomic E-state index is 12.8. The highest BCUT2D eigenvalue weighted by molar-refractivity contribution is 6.32. The van der Waals surface area contributed by atoms with Gasteiger partial charge in [-0.1, -0.05) is 41.9 Å². The lowest BCUT2D eigenvalue weighted by molar-refractivity contribution is 0.104. The minimum absolute atomic E-state index is 0.0213. The minimum Gasteiger partial charge on any atom is -0.507 e. The first kappa shape index (κ1) is 19.6. The van der Waals surface area contributed by atoms with Crippen LogP contribution in [0, 0.1) is 0 Å². The number of phenolic OH excluding ortho intramolecular Hbond substituents is 1. The summed E-state index contributed by atoms with van der Waals surface area (Å²) in [6, 6.07) is 18.6. The third-order valence-corrected chi connectivity index (χ3v) is 4.99. The second-order valence-corrected chi connectivity index (χ2v) is 7.00. The van der Waals surface area contributed by atoms with E-state index < -0.39 is 5.78 Å². The number of fused-ring (bicyclic) bond motifs is 1. The number of ketones is 1. The standard InChI is InChI=1S/C24H17ClO5/c1-29-24-16(21(28)13-20(27)14-5-3-2-4-6-14)8-10-22-17(24)12-23(30-22)15-7-9-19(26)18(25)11-15/h2-13,26-27H,1H3. The SMILES string of the molecule is COc1c(C(=O)C=C(O)c2ccccc2)ccc2oc(-c3ccc(O)c(Cl)c3)cc12. The van der Waals surface area contributed by atoms with E-state index in [-0.39, 0.29) is 16.5 Å². The summed E-state index contributed by atoms with van der Waals surface area (Å²) < 4.78 is 11.4. The molecule has 0 spiro atoms. The van der Waals surface area contributed by atoms with E-state index in [2.05, 4.69) is 0 Å². The van der Waals surface area contributed by atoms with E-state index in [4.69, 9.17) is 20.8 Å². The van der Waals surface area contributed by atoms with Crippen molar-refractivity contribution in [1.29, 1.82) is 0 Å². The summed E-state index contributed by atoms with van der Waals surface area (Å²) in [5.74, 6) is 0.305. The molecule has 30 heavy (non-hydrogen) atoms.